The van der Waals surface area contributed by atoms with Crippen LogP contribution in [0.4, 0.5) is 0 Å². The lowest BCUT2D eigenvalue weighted by Crippen LogP contribution is -2.46. The number of benzene rings is 1. The molecule has 1 aliphatic heterocycles. The van der Waals surface area contributed by atoms with Crippen molar-refractivity contribution in [1.29, 1.82) is 0 Å². The van der Waals surface area contributed by atoms with Crippen molar-refractivity contribution in [3.05, 3.63) is 29.8 Å². The van der Waals surface area contributed by atoms with Crippen molar-refractivity contribution in [1.82, 2.24) is 4.90 Å². The average molecular weight is 337 g/mol. The Hall–Kier alpha value is -1.56. The normalized spacial score (nSPS) is 23.8. The summed E-state index contributed by atoms with van der Waals surface area (Å²) in [5.41, 5.74) is 0.570. The Bertz CT molecular complexity index is 680. The molecule has 3 rings (SSSR count). The molecule has 0 radical (unpaired) electrons. The third-order valence-corrected chi connectivity index (χ3v) is 6.62. The van der Waals surface area contributed by atoms with Gasteiger partial charge in [0.05, 0.1) is 18.6 Å². The molecule has 5 nitrogen and oxygen atoms in total. The van der Waals surface area contributed by atoms with Crippen LogP contribution in [-0.4, -0.2) is 49.9 Å². The fourth-order valence-corrected chi connectivity index (χ4v) is 5.42. The van der Waals surface area contributed by atoms with Gasteiger partial charge in [0.15, 0.2) is 9.84 Å². The van der Waals surface area contributed by atoms with Gasteiger partial charge in [0.1, 0.15) is 5.75 Å². The molecule has 23 heavy (non-hydrogen) atoms. The summed E-state index contributed by atoms with van der Waals surface area (Å²) in [6, 6.07) is 7.07. The Morgan fingerprint density at radius 3 is 2.52 bits per heavy atom. The fraction of sp³-hybridized carbons (Fsp3) is 0.588. The number of rotatable bonds is 4. The number of carbonyl (C=O) groups excluding carboxylic acids is 1. The molecule has 0 aromatic heterocycles. The first-order valence-corrected chi connectivity index (χ1v) is 9.99. The van der Waals surface area contributed by atoms with Gasteiger partial charge in [0.2, 0.25) is 0 Å². The summed E-state index contributed by atoms with van der Waals surface area (Å²) in [6.07, 6.45) is 4.69. The van der Waals surface area contributed by atoms with E-state index in [0.717, 1.165) is 25.7 Å². The van der Waals surface area contributed by atoms with E-state index in [1.807, 2.05) is 4.90 Å². The van der Waals surface area contributed by atoms with Crippen molar-refractivity contribution >= 4 is 15.7 Å². The summed E-state index contributed by atoms with van der Waals surface area (Å²) in [5, 5.41) is 0. The molecule has 2 fully saturated rings. The lowest BCUT2D eigenvalue weighted by molar-refractivity contribution is 0.0601. The van der Waals surface area contributed by atoms with Crippen molar-refractivity contribution in [3.63, 3.8) is 0 Å². The monoisotopic (exact) mass is 337 g/mol. The van der Waals surface area contributed by atoms with Gasteiger partial charge in [-0.2, -0.15) is 0 Å². The van der Waals surface area contributed by atoms with Gasteiger partial charge >= 0.3 is 0 Å². The molecule has 1 saturated carbocycles. The molecule has 1 heterocycles. The van der Waals surface area contributed by atoms with Crippen LogP contribution in [0.5, 0.6) is 5.75 Å². The standard InChI is InChI=1S/C17H23NO4S/c1-22-16-8-4-5-13(11-16)17(19)18(14-6-2-3-7-14)15-9-10-23(20,21)12-15/h4-5,8,11,14-15H,2-3,6-7,9-10,12H2,1H3/t15-/m1/s1. The second-order valence-corrected chi connectivity index (χ2v) is 8.67. The molecule has 1 aromatic carbocycles. The zero-order valence-corrected chi connectivity index (χ0v) is 14.2. The Morgan fingerprint density at radius 2 is 1.91 bits per heavy atom. The number of nitrogens with zero attached hydrogens (tertiary/aromatic N) is 1. The van der Waals surface area contributed by atoms with E-state index < -0.39 is 9.84 Å². The number of methoxy groups -OCH3 is 1. The Balaban J connectivity index is 1.89. The minimum Gasteiger partial charge on any atom is -0.497 e. The maximum atomic E-state index is 13.1. The summed E-state index contributed by atoms with van der Waals surface area (Å²) in [5.74, 6) is 0.852. The van der Waals surface area contributed by atoms with Crippen LogP contribution in [0.25, 0.3) is 0 Å². The first-order valence-electron chi connectivity index (χ1n) is 8.17. The van der Waals surface area contributed by atoms with E-state index in [2.05, 4.69) is 0 Å². The predicted octanol–water partition coefficient (Wildman–Crippen LogP) is 2.27. The average Bonchev–Trinajstić information content (AvgIpc) is 3.18. The van der Waals surface area contributed by atoms with Gasteiger partial charge in [-0.25, -0.2) is 8.42 Å². The quantitative estimate of drug-likeness (QED) is 0.845. The molecule has 6 heteroatoms. The predicted molar refractivity (Wildman–Crippen MR) is 88.5 cm³/mol. The number of amides is 1. The molecular formula is C17H23NO4S. The van der Waals surface area contributed by atoms with Gasteiger partial charge in [-0.05, 0) is 37.5 Å². The third-order valence-electron chi connectivity index (χ3n) is 4.87. The van der Waals surface area contributed by atoms with E-state index in [-0.39, 0.29) is 29.5 Å². The molecule has 1 aliphatic carbocycles. The van der Waals surface area contributed by atoms with E-state index in [0.29, 0.717) is 17.7 Å². The molecule has 1 aromatic rings. The zero-order chi connectivity index (χ0) is 16.4. The smallest absolute Gasteiger partial charge is 0.254 e. The highest BCUT2D eigenvalue weighted by Crippen LogP contribution is 2.31. The second-order valence-electron chi connectivity index (χ2n) is 6.44. The molecule has 126 valence electrons. The number of sulfone groups is 1. The Labute approximate surface area is 137 Å². The highest BCUT2D eigenvalue weighted by Gasteiger charge is 2.39. The van der Waals surface area contributed by atoms with Crippen molar-refractivity contribution < 1.29 is 17.9 Å². The maximum absolute atomic E-state index is 13.1. The van der Waals surface area contributed by atoms with Crippen LogP contribution in [-0.2, 0) is 9.84 Å². The van der Waals surface area contributed by atoms with Crippen molar-refractivity contribution in [3.8, 4) is 5.75 Å². The Morgan fingerprint density at radius 1 is 1.17 bits per heavy atom. The second kappa shape index (κ2) is 6.51. The number of hydrogen-bond acceptors (Lipinski definition) is 4. The summed E-state index contributed by atoms with van der Waals surface area (Å²) in [7, 11) is -1.45. The van der Waals surface area contributed by atoms with Crippen LogP contribution >= 0.6 is 0 Å². The van der Waals surface area contributed by atoms with Gasteiger partial charge in [0.25, 0.3) is 5.91 Å². The summed E-state index contributed by atoms with van der Waals surface area (Å²) in [6.45, 7) is 0. The molecule has 1 saturated heterocycles. The topological polar surface area (TPSA) is 63.7 Å². The summed E-state index contributed by atoms with van der Waals surface area (Å²) in [4.78, 5) is 14.9. The minimum atomic E-state index is -3.02. The van der Waals surface area contributed by atoms with Crippen LogP contribution < -0.4 is 4.74 Å². The van der Waals surface area contributed by atoms with Crippen LogP contribution in [0.15, 0.2) is 24.3 Å². The van der Waals surface area contributed by atoms with Gasteiger partial charge < -0.3 is 9.64 Å². The zero-order valence-electron chi connectivity index (χ0n) is 13.4. The van der Waals surface area contributed by atoms with E-state index in [9.17, 15) is 13.2 Å². The van der Waals surface area contributed by atoms with Gasteiger partial charge in [-0.3, -0.25) is 4.79 Å². The maximum Gasteiger partial charge on any atom is 0.254 e. The van der Waals surface area contributed by atoms with Crippen LogP contribution in [0.3, 0.4) is 0 Å². The lowest BCUT2D eigenvalue weighted by atomic mass is 10.1. The molecule has 0 bridgehead atoms. The molecular weight excluding hydrogens is 314 g/mol. The summed E-state index contributed by atoms with van der Waals surface area (Å²) >= 11 is 0. The SMILES string of the molecule is COc1cccc(C(=O)N(C2CCCC2)[C@@H]2CCS(=O)(=O)C2)c1. The molecule has 1 atom stereocenters. The molecule has 0 spiro atoms. The molecule has 2 aliphatic rings. The van der Waals surface area contributed by atoms with Gasteiger partial charge in [0, 0.05) is 17.6 Å². The molecule has 1 amide bonds. The van der Waals surface area contributed by atoms with E-state index in [1.54, 1.807) is 31.4 Å². The van der Waals surface area contributed by atoms with Gasteiger partial charge in [-0.1, -0.05) is 18.9 Å². The van der Waals surface area contributed by atoms with Crippen LogP contribution in [0.1, 0.15) is 42.5 Å². The highest BCUT2D eigenvalue weighted by molar-refractivity contribution is 7.91. The van der Waals surface area contributed by atoms with E-state index >= 15 is 0 Å². The van der Waals surface area contributed by atoms with Crippen molar-refractivity contribution in [2.24, 2.45) is 0 Å². The molecule has 0 unspecified atom stereocenters. The first-order chi connectivity index (χ1) is 11.0. The molecule has 0 N–H and O–H groups in total. The van der Waals surface area contributed by atoms with Crippen LogP contribution in [0, 0.1) is 0 Å². The van der Waals surface area contributed by atoms with Gasteiger partial charge in [-0.15, -0.1) is 0 Å². The largest absolute Gasteiger partial charge is 0.497 e. The number of ether oxygens (including phenoxy) is 1. The first kappa shape index (κ1) is 16.3. The Kier molecular flexibility index (Phi) is 4.62. The van der Waals surface area contributed by atoms with Crippen LogP contribution in [0.2, 0.25) is 0 Å². The minimum absolute atomic E-state index is 0.0714. The van der Waals surface area contributed by atoms with Crippen molar-refractivity contribution in [2.75, 3.05) is 18.6 Å². The third kappa shape index (κ3) is 3.52. The van der Waals surface area contributed by atoms with Crippen molar-refractivity contribution in [2.45, 2.75) is 44.2 Å². The summed E-state index contributed by atoms with van der Waals surface area (Å²) < 4.78 is 28.9. The number of carbonyl (C=O) groups is 1. The highest BCUT2D eigenvalue weighted by atomic mass is 32.2. The lowest BCUT2D eigenvalue weighted by Gasteiger charge is -2.34. The number of hydrogen-bond donors (Lipinski definition) is 0. The van der Waals surface area contributed by atoms with E-state index in [4.69, 9.17) is 4.74 Å². The fourth-order valence-electron chi connectivity index (χ4n) is 3.71. The van der Waals surface area contributed by atoms with E-state index in [1.165, 1.54) is 0 Å².